The predicted octanol–water partition coefficient (Wildman–Crippen LogP) is 3.28. The number of hydrogen-bond donors (Lipinski definition) is 0. The molecular weight excluding hydrogens is 328 g/mol. The fourth-order valence-electron chi connectivity index (χ4n) is 3.18. The Hall–Kier alpha value is -2.95. The second-order valence-electron chi connectivity index (χ2n) is 6.50. The molecule has 0 saturated carbocycles. The van der Waals surface area contributed by atoms with E-state index in [2.05, 4.69) is 0 Å². The average molecular weight is 350 g/mol. The maximum atomic E-state index is 12.5. The van der Waals surface area contributed by atoms with Gasteiger partial charge in [-0.05, 0) is 31.0 Å². The van der Waals surface area contributed by atoms with E-state index in [1.54, 1.807) is 36.2 Å². The molecular formula is C21H22N2O3. The molecule has 1 aliphatic heterocycles. The summed E-state index contributed by atoms with van der Waals surface area (Å²) in [4.78, 5) is 40.0. The monoisotopic (exact) mass is 350 g/mol. The molecule has 2 aromatic carbocycles. The van der Waals surface area contributed by atoms with Crippen molar-refractivity contribution < 1.29 is 14.4 Å². The minimum Gasteiger partial charge on any atom is -0.339 e. The molecule has 2 aromatic rings. The molecule has 1 atom stereocenters. The lowest BCUT2D eigenvalue weighted by molar-refractivity contribution is -0.132. The van der Waals surface area contributed by atoms with Crippen molar-refractivity contribution in [2.45, 2.75) is 25.8 Å². The second kappa shape index (κ2) is 7.52. The zero-order valence-electron chi connectivity index (χ0n) is 15.0. The van der Waals surface area contributed by atoms with Crippen molar-refractivity contribution in [1.29, 1.82) is 0 Å². The molecule has 0 aromatic heterocycles. The van der Waals surface area contributed by atoms with Gasteiger partial charge >= 0.3 is 0 Å². The Morgan fingerprint density at radius 2 is 1.50 bits per heavy atom. The minimum absolute atomic E-state index is 0.00189. The lowest BCUT2D eigenvalue weighted by atomic mass is 10.1. The normalized spacial score (nSPS) is 14.3. The van der Waals surface area contributed by atoms with E-state index in [1.807, 2.05) is 37.3 Å². The van der Waals surface area contributed by atoms with Gasteiger partial charge < -0.3 is 4.90 Å². The summed E-state index contributed by atoms with van der Waals surface area (Å²) in [5.41, 5.74) is 1.96. The van der Waals surface area contributed by atoms with Crippen molar-refractivity contribution in [2.24, 2.45) is 0 Å². The Morgan fingerprint density at radius 3 is 2.08 bits per heavy atom. The molecule has 5 nitrogen and oxygen atoms in total. The van der Waals surface area contributed by atoms with E-state index in [-0.39, 0.29) is 30.3 Å². The third-order valence-electron chi connectivity index (χ3n) is 4.91. The summed E-state index contributed by atoms with van der Waals surface area (Å²) in [6.45, 7) is 2.24. The number of carbonyl (C=O) groups is 3. The van der Waals surface area contributed by atoms with Crippen LogP contribution >= 0.6 is 0 Å². The lowest BCUT2D eigenvalue weighted by Crippen LogP contribution is -2.33. The smallest absolute Gasteiger partial charge is 0.261 e. The molecule has 1 heterocycles. The number of nitrogens with zero attached hydrogens (tertiary/aromatic N) is 2. The second-order valence-corrected chi connectivity index (χ2v) is 6.50. The van der Waals surface area contributed by atoms with Gasteiger partial charge in [0.2, 0.25) is 5.91 Å². The third kappa shape index (κ3) is 3.38. The van der Waals surface area contributed by atoms with Crippen molar-refractivity contribution in [3.63, 3.8) is 0 Å². The molecule has 0 aliphatic carbocycles. The van der Waals surface area contributed by atoms with Crippen LogP contribution in [0.15, 0.2) is 54.6 Å². The first-order valence-electron chi connectivity index (χ1n) is 8.76. The fraction of sp³-hybridized carbons (Fsp3) is 0.286. The van der Waals surface area contributed by atoms with Crippen LogP contribution in [0.1, 0.15) is 52.1 Å². The van der Waals surface area contributed by atoms with Gasteiger partial charge in [-0.1, -0.05) is 42.5 Å². The number of benzene rings is 2. The summed E-state index contributed by atoms with van der Waals surface area (Å²) in [6, 6.07) is 16.6. The van der Waals surface area contributed by atoms with Gasteiger partial charge in [0.15, 0.2) is 0 Å². The van der Waals surface area contributed by atoms with Crippen LogP contribution in [0.2, 0.25) is 0 Å². The quantitative estimate of drug-likeness (QED) is 0.751. The van der Waals surface area contributed by atoms with Crippen molar-refractivity contribution in [3.8, 4) is 0 Å². The average Bonchev–Trinajstić information content (AvgIpc) is 2.92. The highest BCUT2D eigenvalue weighted by molar-refractivity contribution is 6.21. The van der Waals surface area contributed by atoms with E-state index in [4.69, 9.17) is 0 Å². The minimum atomic E-state index is -0.274. The molecule has 0 saturated heterocycles. The number of amides is 3. The van der Waals surface area contributed by atoms with Crippen LogP contribution in [0.5, 0.6) is 0 Å². The van der Waals surface area contributed by atoms with E-state index >= 15 is 0 Å². The molecule has 0 fully saturated rings. The Bertz CT molecular complexity index is 797. The number of rotatable bonds is 6. The van der Waals surface area contributed by atoms with Crippen molar-refractivity contribution in [3.05, 3.63) is 71.3 Å². The Labute approximate surface area is 153 Å². The van der Waals surface area contributed by atoms with Gasteiger partial charge in [-0.25, -0.2) is 0 Å². The Balaban J connectivity index is 1.54. The zero-order valence-corrected chi connectivity index (χ0v) is 15.0. The zero-order chi connectivity index (χ0) is 18.7. The number of carbonyl (C=O) groups excluding carboxylic acids is 3. The van der Waals surface area contributed by atoms with E-state index in [9.17, 15) is 14.4 Å². The molecule has 5 heteroatoms. The highest BCUT2D eigenvalue weighted by Gasteiger charge is 2.34. The van der Waals surface area contributed by atoms with Gasteiger partial charge in [0.1, 0.15) is 0 Å². The van der Waals surface area contributed by atoms with E-state index in [0.29, 0.717) is 24.0 Å². The maximum absolute atomic E-state index is 12.5. The number of imide groups is 1. The number of fused-ring (bicyclic) bond motifs is 1. The van der Waals surface area contributed by atoms with Crippen LogP contribution < -0.4 is 0 Å². The predicted molar refractivity (Wildman–Crippen MR) is 98.7 cm³/mol. The molecule has 0 bridgehead atoms. The summed E-state index contributed by atoms with van der Waals surface area (Å²) < 4.78 is 0. The van der Waals surface area contributed by atoms with E-state index < -0.39 is 0 Å². The highest BCUT2D eigenvalue weighted by atomic mass is 16.2. The molecule has 134 valence electrons. The molecule has 3 rings (SSSR count). The number of hydrogen-bond acceptors (Lipinski definition) is 3. The summed E-state index contributed by atoms with van der Waals surface area (Å²) in [7, 11) is 1.78. The van der Waals surface area contributed by atoms with Crippen molar-refractivity contribution >= 4 is 17.7 Å². The standard InChI is InChI=1S/C21H22N2O3/c1-15(16-9-4-3-5-10-16)22(2)19(24)13-8-14-23-20(25)17-11-6-7-12-18(17)21(23)26/h3-7,9-12,15H,8,13-14H2,1-2H3. The van der Waals surface area contributed by atoms with Crippen LogP contribution in [0, 0.1) is 0 Å². The fourth-order valence-corrected chi connectivity index (χ4v) is 3.18. The third-order valence-corrected chi connectivity index (χ3v) is 4.91. The lowest BCUT2D eigenvalue weighted by Gasteiger charge is -2.25. The molecule has 0 N–H and O–H groups in total. The van der Waals surface area contributed by atoms with Gasteiger partial charge in [-0.2, -0.15) is 0 Å². The Kier molecular flexibility index (Phi) is 5.16. The van der Waals surface area contributed by atoms with Gasteiger partial charge in [-0.3, -0.25) is 19.3 Å². The van der Waals surface area contributed by atoms with Gasteiger partial charge in [-0.15, -0.1) is 0 Å². The van der Waals surface area contributed by atoms with Crippen molar-refractivity contribution in [2.75, 3.05) is 13.6 Å². The molecule has 1 unspecified atom stereocenters. The summed E-state index contributed by atoms with van der Waals surface area (Å²) >= 11 is 0. The Morgan fingerprint density at radius 1 is 0.962 bits per heavy atom. The van der Waals surface area contributed by atoms with Crippen LogP contribution in [0.3, 0.4) is 0 Å². The van der Waals surface area contributed by atoms with Crippen LogP contribution in [0.25, 0.3) is 0 Å². The summed E-state index contributed by atoms with van der Waals surface area (Å²) in [6.07, 6.45) is 0.747. The van der Waals surface area contributed by atoms with Gasteiger partial charge in [0.25, 0.3) is 11.8 Å². The molecule has 0 spiro atoms. The van der Waals surface area contributed by atoms with Crippen LogP contribution in [-0.2, 0) is 4.79 Å². The van der Waals surface area contributed by atoms with Gasteiger partial charge in [0.05, 0.1) is 17.2 Å². The summed E-state index contributed by atoms with van der Waals surface area (Å²) in [5.74, 6) is -0.550. The molecule has 1 aliphatic rings. The van der Waals surface area contributed by atoms with E-state index in [0.717, 1.165) is 5.56 Å². The van der Waals surface area contributed by atoms with Crippen LogP contribution in [0.4, 0.5) is 0 Å². The molecule has 0 radical (unpaired) electrons. The molecule has 3 amide bonds. The SMILES string of the molecule is CC(c1ccccc1)N(C)C(=O)CCCN1C(=O)c2ccccc2C1=O. The summed E-state index contributed by atoms with van der Waals surface area (Å²) in [5, 5.41) is 0. The first-order chi connectivity index (χ1) is 12.5. The maximum Gasteiger partial charge on any atom is 0.261 e. The van der Waals surface area contributed by atoms with Crippen LogP contribution in [-0.4, -0.2) is 41.1 Å². The largest absolute Gasteiger partial charge is 0.339 e. The van der Waals surface area contributed by atoms with Gasteiger partial charge in [0, 0.05) is 20.0 Å². The first kappa shape index (κ1) is 17.9. The van der Waals surface area contributed by atoms with E-state index in [1.165, 1.54) is 4.90 Å². The highest BCUT2D eigenvalue weighted by Crippen LogP contribution is 2.23. The molecule has 26 heavy (non-hydrogen) atoms. The first-order valence-corrected chi connectivity index (χ1v) is 8.76. The van der Waals surface area contributed by atoms with Crippen molar-refractivity contribution in [1.82, 2.24) is 9.80 Å². The topological polar surface area (TPSA) is 57.7 Å².